The maximum atomic E-state index is 6.15. The van der Waals surface area contributed by atoms with E-state index in [0.717, 1.165) is 26.1 Å². The Morgan fingerprint density at radius 2 is 2.12 bits per heavy atom. The molecule has 0 bridgehead atoms. The fourth-order valence-corrected chi connectivity index (χ4v) is 2.02. The van der Waals surface area contributed by atoms with Crippen molar-refractivity contribution in [2.45, 2.75) is 52.2 Å². The Kier molecular flexibility index (Phi) is 5.22. The van der Waals surface area contributed by atoms with E-state index < -0.39 is 0 Å². The quantitative estimate of drug-likeness (QED) is 0.780. The van der Waals surface area contributed by atoms with Crippen molar-refractivity contribution in [3.05, 3.63) is 0 Å². The third-order valence-corrected chi connectivity index (χ3v) is 3.47. The lowest BCUT2D eigenvalue weighted by atomic mass is 9.85. The maximum absolute atomic E-state index is 6.15. The Bertz CT molecular complexity index is 195. The average molecular weight is 228 g/mol. The topological polar surface area (TPSA) is 38.5 Å². The molecule has 16 heavy (non-hydrogen) atoms. The predicted molar refractivity (Wildman–Crippen MR) is 68.5 cm³/mol. The van der Waals surface area contributed by atoms with Gasteiger partial charge in [-0.15, -0.1) is 0 Å². The first-order valence-corrected chi connectivity index (χ1v) is 6.45. The minimum atomic E-state index is 0.213. The second-order valence-electron chi connectivity index (χ2n) is 6.16. The molecule has 0 aliphatic carbocycles. The van der Waals surface area contributed by atoms with Gasteiger partial charge in [-0.2, -0.15) is 0 Å². The molecule has 0 saturated carbocycles. The highest BCUT2D eigenvalue weighted by atomic mass is 16.5. The molecule has 96 valence electrons. The van der Waals surface area contributed by atoms with E-state index in [9.17, 15) is 0 Å². The number of nitrogens with two attached hydrogens (primary N) is 1. The number of hydrogen-bond acceptors (Lipinski definition) is 3. The van der Waals surface area contributed by atoms with Crippen molar-refractivity contribution in [3.8, 4) is 0 Å². The first-order chi connectivity index (χ1) is 7.39. The van der Waals surface area contributed by atoms with Crippen LogP contribution in [0.4, 0.5) is 0 Å². The van der Waals surface area contributed by atoms with E-state index in [1.54, 1.807) is 0 Å². The van der Waals surface area contributed by atoms with Gasteiger partial charge in [0, 0.05) is 19.2 Å². The normalized spacial score (nSPS) is 24.0. The third kappa shape index (κ3) is 4.81. The Hall–Kier alpha value is -0.120. The molecule has 2 atom stereocenters. The SMILES string of the molecule is CN(CCC(N)C(C)(C)C)CC1CCCO1. The zero-order valence-electron chi connectivity index (χ0n) is 11.3. The van der Waals surface area contributed by atoms with Crippen molar-refractivity contribution in [2.75, 3.05) is 26.7 Å². The molecule has 0 aromatic carbocycles. The Balaban J connectivity index is 2.16. The monoisotopic (exact) mass is 228 g/mol. The third-order valence-electron chi connectivity index (χ3n) is 3.47. The van der Waals surface area contributed by atoms with Crippen LogP contribution in [0.3, 0.4) is 0 Å². The number of hydrogen-bond donors (Lipinski definition) is 1. The van der Waals surface area contributed by atoms with Crippen LogP contribution in [0.2, 0.25) is 0 Å². The summed E-state index contributed by atoms with van der Waals surface area (Å²) in [6.07, 6.45) is 3.96. The molecule has 1 aliphatic heterocycles. The lowest BCUT2D eigenvalue weighted by Crippen LogP contribution is -2.39. The fraction of sp³-hybridized carbons (Fsp3) is 1.00. The predicted octanol–water partition coefficient (Wildman–Crippen LogP) is 1.86. The zero-order chi connectivity index (χ0) is 12.2. The summed E-state index contributed by atoms with van der Waals surface area (Å²) in [4.78, 5) is 2.35. The summed E-state index contributed by atoms with van der Waals surface area (Å²) in [6.45, 7) is 9.68. The molecule has 1 aliphatic rings. The molecule has 0 spiro atoms. The van der Waals surface area contributed by atoms with Crippen molar-refractivity contribution in [2.24, 2.45) is 11.1 Å². The van der Waals surface area contributed by atoms with Crippen molar-refractivity contribution < 1.29 is 4.74 Å². The Labute approximate surface area is 100 Å². The van der Waals surface area contributed by atoms with E-state index in [1.807, 2.05) is 0 Å². The van der Waals surface area contributed by atoms with Crippen LogP contribution in [0.5, 0.6) is 0 Å². The summed E-state index contributed by atoms with van der Waals surface area (Å²) in [5.74, 6) is 0. The molecule has 0 amide bonds. The minimum Gasteiger partial charge on any atom is -0.377 e. The first-order valence-electron chi connectivity index (χ1n) is 6.45. The van der Waals surface area contributed by atoms with E-state index in [1.165, 1.54) is 12.8 Å². The second-order valence-corrected chi connectivity index (χ2v) is 6.16. The van der Waals surface area contributed by atoms with Crippen molar-refractivity contribution in [1.82, 2.24) is 4.90 Å². The highest BCUT2D eigenvalue weighted by molar-refractivity contribution is 4.78. The molecule has 1 heterocycles. The molecule has 3 heteroatoms. The molecule has 0 aromatic rings. The fourth-order valence-electron chi connectivity index (χ4n) is 2.02. The maximum Gasteiger partial charge on any atom is 0.0702 e. The van der Waals surface area contributed by atoms with Crippen LogP contribution >= 0.6 is 0 Å². The van der Waals surface area contributed by atoms with Crippen molar-refractivity contribution >= 4 is 0 Å². The van der Waals surface area contributed by atoms with E-state index >= 15 is 0 Å². The van der Waals surface area contributed by atoms with E-state index in [4.69, 9.17) is 10.5 Å². The van der Waals surface area contributed by atoms with E-state index in [0.29, 0.717) is 6.10 Å². The molecular formula is C13H28N2O. The van der Waals surface area contributed by atoms with E-state index in [2.05, 4.69) is 32.7 Å². The molecule has 0 aromatic heterocycles. The molecule has 3 nitrogen and oxygen atoms in total. The molecular weight excluding hydrogens is 200 g/mol. The van der Waals surface area contributed by atoms with Gasteiger partial charge in [-0.25, -0.2) is 0 Å². The first kappa shape index (κ1) is 13.9. The smallest absolute Gasteiger partial charge is 0.0702 e. The van der Waals surface area contributed by atoms with Gasteiger partial charge in [-0.05, 0) is 38.3 Å². The molecule has 1 saturated heterocycles. The highest BCUT2D eigenvalue weighted by Gasteiger charge is 2.22. The van der Waals surface area contributed by atoms with Gasteiger partial charge in [-0.3, -0.25) is 0 Å². The minimum absolute atomic E-state index is 0.213. The van der Waals surface area contributed by atoms with Gasteiger partial charge in [0.25, 0.3) is 0 Å². The standard InChI is InChI=1S/C13H28N2O/c1-13(2,3)12(14)7-8-15(4)10-11-6-5-9-16-11/h11-12H,5-10,14H2,1-4H3. The van der Waals surface area contributed by atoms with Crippen LogP contribution in [0.25, 0.3) is 0 Å². The zero-order valence-corrected chi connectivity index (χ0v) is 11.3. The summed E-state index contributed by atoms with van der Waals surface area (Å²) >= 11 is 0. The van der Waals surface area contributed by atoms with Crippen LogP contribution in [0.1, 0.15) is 40.0 Å². The van der Waals surface area contributed by atoms with Gasteiger partial charge in [0.05, 0.1) is 6.10 Å². The summed E-state index contributed by atoms with van der Waals surface area (Å²) in [5.41, 5.74) is 6.36. The van der Waals surface area contributed by atoms with Crippen LogP contribution in [0.15, 0.2) is 0 Å². The van der Waals surface area contributed by atoms with Crippen molar-refractivity contribution in [3.63, 3.8) is 0 Å². The van der Waals surface area contributed by atoms with Gasteiger partial charge >= 0.3 is 0 Å². The molecule has 2 unspecified atom stereocenters. The largest absolute Gasteiger partial charge is 0.377 e. The van der Waals surface area contributed by atoms with Gasteiger partial charge in [0.15, 0.2) is 0 Å². The van der Waals surface area contributed by atoms with Gasteiger partial charge in [0.2, 0.25) is 0 Å². The van der Waals surface area contributed by atoms with Gasteiger partial charge < -0.3 is 15.4 Å². The summed E-state index contributed by atoms with van der Waals surface area (Å²) in [5, 5.41) is 0. The lowest BCUT2D eigenvalue weighted by molar-refractivity contribution is 0.0792. The van der Waals surface area contributed by atoms with Crippen LogP contribution in [-0.4, -0.2) is 43.8 Å². The van der Waals surface area contributed by atoms with Crippen LogP contribution < -0.4 is 5.73 Å². The molecule has 1 fully saturated rings. The summed E-state index contributed by atoms with van der Waals surface area (Å²) < 4.78 is 5.62. The van der Waals surface area contributed by atoms with Crippen molar-refractivity contribution in [1.29, 1.82) is 0 Å². The van der Waals surface area contributed by atoms with Gasteiger partial charge in [0.1, 0.15) is 0 Å². The summed E-state index contributed by atoms with van der Waals surface area (Å²) in [7, 11) is 2.16. The van der Waals surface area contributed by atoms with Crippen LogP contribution in [0, 0.1) is 5.41 Å². The highest BCUT2D eigenvalue weighted by Crippen LogP contribution is 2.20. The lowest BCUT2D eigenvalue weighted by Gasteiger charge is -2.29. The average Bonchev–Trinajstić information content (AvgIpc) is 2.65. The van der Waals surface area contributed by atoms with Gasteiger partial charge in [-0.1, -0.05) is 20.8 Å². The van der Waals surface area contributed by atoms with Crippen LogP contribution in [-0.2, 0) is 4.74 Å². The summed E-state index contributed by atoms with van der Waals surface area (Å²) in [6, 6.07) is 0.277. The number of rotatable bonds is 5. The number of ether oxygens (including phenoxy) is 1. The molecule has 1 rings (SSSR count). The molecule has 0 radical (unpaired) electrons. The number of nitrogens with zero attached hydrogens (tertiary/aromatic N) is 1. The Morgan fingerprint density at radius 1 is 1.44 bits per heavy atom. The Morgan fingerprint density at radius 3 is 2.62 bits per heavy atom. The van der Waals surface area contributed by atoms with E-state index in [-0.39, 0.29) is 11.5 Å². The number of likely N-dealkylation sites (N-methyl/N-ethyl adjacent to an activating group) is 1. The molecule has 2 N–H and O–H groups in total. The second kappa shape index (κ2) is 5.99.